The summed E-state index contributed by atoms with van der Waals surface area (Å²) in [6.07, 6.45) is 0. The van der Waals surface area contributed by atoms with Gasteiger partial charge in [-0.3, -0.25) is 4.79 Å². The van der Waals surface area contributed by atoms with Gasteiger partial charge in [0.25, 0.3) is 0 Å². The van der Waals surface area contributed by atoms with Crippen LogP contribution in [0.1, 0.15) is 0 Å². The SMILES string of the molecule is COc1ccc(OCCNC(=O)CSc2ccc(Br)cc2)cc1. The topological polar surface area (TPSA) is 47.6 Å². The molecule has 0 saturated carbocycles. The van der Waals surface area contributed by atoms with Crippen LogP contribution in [0, 0.1) is 0 Å². The first-order valence-electron chi connectivity index (χ1n) is 7.09. The Morgan fingerprint density at radius 3 is 2.39 bits per heavy atom. The zero-order valence-electron chi connectivity index (χ0n) is 12.8. The number of nitrogens with one attached hydrogen (secondary N) is 1. The molecule has 0 spiro atoms. The molecule has 0 aliphatic carbocycles. The fourth-order valence-corrected chi connectivity index (χ4v) is 2.75. The molecule has 0 atom stereocenters. The lowest BCUT2D eigenvalue weighted by Crippen LogP contribution is -2.29. The minimum atomic E-state index is -0.00347. The van der Waals surface area contributed by atoms with Crippen LogP contribution in [0.4, 0.5) is 0 Å². The second-order valence-corrected chi connectivity index (χ2v) is 6.58. The third kappa shape index (κ3) is 6.54. The van der Waals surface area contributed by atoms with Gasteiger partial charge in [-0.2, -0.15) is 0 Å². The Morgan fingerprint density at radius 2 is 1.74 bits per heavy atom. The van der Waals surface area contributed by atoms with Gasteiger partial charge in [-0.1, -0.05) is 15.9 Å². The molecule has 2 aromatic rings. The van der Waals surface area contributed by atoms with Crippen LogP contribution in [0.3, 0.4) is 0 Å². The molecule has 0 saturated heterocycles. The zero-order chi connectivity index (χ0) is 16.5. The van der Waals surface area contributed by atoms with Crippen molar-refractivity contribution in [3.63, 3.8) is 0 Å². The van der Waals surface area contributed by atoms with Gasteiger partial charge in [-0.05, 0) is 48.5 Å². The highest BCUT2D eigenvalue weighted by atomic mass is 79.9. The van der Waals surface area contributed by atoms with Crippen molar-refractivity contribution in [1.82, 2.24) is 5.32 Å². The molecule has 0 radical (unpaired) electrons. The van der Waals surface area contributed by atoms with E-state index in [1.807, 2.05) is 48.5 Å². The van der Waals surface area contributed by atoms with Gasteiger partial charge in [0, 0.05) is 9.37 Å². The van der Waals surface area contributed by atoms with Crippen LogP contribution < -0.4 is 14.8 Å². The van der Waals surface area contributed by atoms with Gasteiger partial charge in [0.05, 0.1) is 19.4 Å². The smallest absolute Gasteiger partial charge is 0.230 e. The zero-order valence-corrected chi connectivity index (χ0v) is 15.2. The molecule has 0 aromatic heterocycles. The molecule has 0 fully saturated rings. The van der Waals surface area contributed by atoms with Crippen molar-refractivity contribution in [2.24, 2.45) is 0 Å². The normalized spacial score (nSPS) is 10.2. The van der Waals surface area contributed by atoms with Crippen molar-refractivity contribution in [3.8, 4) is 11.5 Å². The summed E-state index contributed by atoms with van der Waals surface area (Å²) < 4.78 is 11.7. The first-order chi connectivity index (χ1) is 11.2. The minimum Gasteiger partial charge on any atom is -0.497 e. The lowest BCUT2D eigenvalue weighted by Gasteiger charge is -2.08. The molecular weight excluding hydrogens is 378 g/mol. The van der Waals surface area contributed by atoms with Crippen LogP contribution in [0.15, 0.2) is 57.9 Å². The summed E-state index contributed by atoms with van der Waals surface area (Å²) in [5, 5.41) is 2.84. The second-order valence-electron chi connectivity index (χ2n) is 4.62. The van der Waals surface area contributed by atoms with E-state index in [-0.39, 0.29) is 5.91 Å². The van der Waals surface area contributed by atoms with Gasteiger partial charge in [-0.15, -0.1) is 11.8 Å². The number of thioether (sulfide) groups is 1. The van der Waals surface area contributed by atoms with E-state index in [1.54, 1.807) is 7.11 Å². The van der Waals surface area contributed by atoms with Crippen molar-refractivity contribution in [3.05, 3.63) is 53.0 Å². The highest BCUT2D eigenvalue weighted by molar-refractivity contribution is 9.10. The van der Waals surface area contributed by atoms with Crippen LogP contribution in [0.2, 0.25) is 0 Å². The first-order valence-corrected chi connectivity index (χ1v) is 8.87. The number of hydrogen-bond acceptors (Lipinski definition) is 4. The van der Waals surface area contributed by atoms with E-state index in [1.165, 1.54) is 11.8 Å². The average molecular weight is 396 g/mol. The molecule has 0 aliphatic heterocycles. The number of benzene rings is 2. The molecule has 0 bridgehead atoms. The van der Waals surface area contributed by atoms with Crippen LogP contribution in [-0.2, 0) is 4.79 Å². The molecule has 4 nitrogen and oxygen atoms in total. The Hall–Kier alpha value is -1.66. The quantitative estimate of drug-likeness (QED) is 0.546. The summed E-state index contributed by atoms with van der Waals surface area (Å²) in [5.74, 6) is 1.93. The first kappa shape index (κ1) is 17.7. The molecule has 0 heterocycles. The van der Waals surface area contributed by atoms with E-state index in [2.05, 4.69) is 21.2 Å². The molecule has 6 heteroatoms. The number of amides is 1. The van der Waals surface area contributed by atoms with Crippen molar-refractivity contribution in [2.75, 3.05) is 26.0 Å². The predicted octanol–water partition coefficient (Wildman–Crippen LogP) is 3.75. The van der Waals surface area contributed by atoms with E-state index >= 15 is 0 Å². The Labute approximate surface area is 148 Å². The minimum absolute atomic E-state index is 0.00347. The molecular formula is C17H18BrNO3S. The third-order valence-electron chi connectivity index (χ3n) is 2.94. The number of rotatable bonds is 8. The fourth-order valence-electron chi connectivity index (χ4n) is 1.76. The standard InChI is InChI=1S/C17H18BrNO3S/c1-21-14-4-6-15(7-5-14)22-11-10-19-17(20)12-23-16-8-2-13(18)3-9-16/h2-9H,10-12H2,1H3,(H,19,20). The summed E-state index contributed by atoms with van der Waals surface area (Å²) in [4.78, 5) is 12.8. The Bertz CT molecular complexity index is 617. The molecule has 2 rings (SSSR count). The molecule has 1 N–H and O–H groups in total. The van der Waals surface area contributed by atoms with Gasteiger partial charge in [-0.25, -0.2) is 0 Å². The van der Waals surface area contributed by atoms with E-state index < -0.39 is 0 Å². The van der Waals surface area contributed by atoms with E-state index in [9.17, 15) is 4.79 Å². The lowest BCUT2D eigenvalue weighted by atomic mass is 10.3. The Balaban J connectivity index is 1.61. The van der Waals surface area contributed by atoms with Crippen molar-refractivity contribution >= 4 is 33.6 Å². The highest BCUT2D eigenvalue weighted by Gasteiger charge is 2.03. The van der Waals surface area contributed by atoms with E-state index in [0.29, 0.717) is 18.9 Å². The van der Waals surface area contributed by atoms with Crippen LogP contribution in [0.5, 0.6) is 11.5 Å². The number of hydrogen-bond donors (Lipinski definition) is 1. The largest absolute Gasteiger partial charge is 0.497 e. The van der Waals surface area contributed by atoms with Gasteiger partial charge in [0.15, 0.2) is 0 Å². The molecule has 122 valence electrons. The maximum atomic E-state index is 11.8. The van der Waals surface area contributed by atoms with Crippen LogP contribution >= 0.6 is 27.7 Å². The summed E-state index contributed by atoms with van der Waals surface area (Å²) in [5.41, 5.74) is 0. The average Bonchev–Trinajstić information content (AvgIpc) is 2.59. The van der Waals surface area contributed by atoms with Crippen molar-refractivity contribution in [2.45, 2.75) is 4.90 Å². The monoisotopic (exact) mass is 395 g/mol. The Morgan fingerprint density at radius 1 is 1.09 bits per heavy atom. The van der Waals surface area contributed by atoms with Gasteiger partial charge in [0.1, 0.15) is 18.1 Å². The number of carbonyl (C=O) groups excluding carboxylic acids is 1. The molecule has 23 heavy (non-hydrogen) atoms. The second kappa shape index (κ2) is 9.47. The molecule has 2 aromatic carbocycles. The lowest BCUT2D eigenvalue weighted by molar-refractivity contribution is -0.118. The Kier molecular flexibility index (Phi) is 7.29. The van der Waals surface area contributed by atoms with Crippen molar-refractivity contribution in [1.29, 1.82) is 0 Å². The summed E-state index contributed by atoms with van der Waals surface area (Å²) in [6, 6.07) is 15.2. The van der Waals surface area contributed by atoms with Gasteiger partial charge >= 0.3 is 0 Å². The maximum absolute atomic E-state index is 11.8. The highest BCUT2D eigenvalue weighted by Crippen LogP contribution is 2.20. The van der Waals surface area contributed by atoms with E-state index in [0.717, 1.165) is 20.9 Å². The number of methoxy groups -OCH3 is 1. The molecule has 0 aliphatic rings. The van der Waals surface area contributed by atoms with Gasteiger partial charge in [0.2, 0.25) is 5.91 Å². The summed E-state index contributed by atoms with van der Waals surface area (Å²) in [7, 11) is 1.62. The van der Waals surface area contributed by atoms with E-state index in [4.69, 9.17) is 9.47 Å². The van der Waals surface area contributed by atoms with Crippen LogP contribution in [0.25, 0.3) is 0 Å². The number of halogens is 1. The third-order valence-corrected chi connectivity index (χ3v) is 4.48. The molecule has 1 amide bonds. The van der Waals surface area contributed by atoms with Crippen LogP contribution in [-0.4, -0.2) is 31.9 Å². The summed E-state index contributed by atoms with van der Waals surface area (Å²) >= 11 is 4.89. The maximum Gasteiger partial charge on any atom is 0.230 e. The number of ether oxygens (including phenoxy) is 2. The van der Waals surface area contributed by atoms with Gasteiger partial charge < -0.3 is 14.8 Å². The fraction of sp³-hybridized carbons (Fsp3) is 0.235. The molecule has 0 unspecified atom stereocenters. The predicted molar refractivity (Wildman–Crippen MR) is 96.4 cm³/mol. The number of carbonyl (C=O) groups is 1. The van der Waals surface area contributed by atoms with Crippen molar-refractivity contribution < 1.29 is 14.3 Å². The summed E-state index contributed by atoms with van der Waals surface area (Å²) in [6.45, 7) is 0.910.